The molecule has 1 unspecified atom stereocenters. The number of hydrogen-bond donors (Lipinski definition) is 2. The van der Waals surface area contributed by atoms with Crippen molar-refractivity contribution in [2.24, 2.45) is 0 Å². The summed E-state index contributed by atoms with van der Waals surface area (Å²) in [6, 6.07) is 15.2. The zero-order valence-corrected chi connectivity index (χ0v) is 15.1. The van der Waals surface area contributed by atoms with E-state index in [1.807, 2.05) is 30.3 Å². The van der Waals surface area contributed by atoms with Crippen molar-refractivity contribution in [3.63, 3.8) is 0 Å². The van der Waals surface area contributed by atoms with Gasteiger partial charge in [-0.25, -0.2) is 4.39 Å². The maximum absolute atomic E-state index is 13.0. The molecule has 1 heterocycles. The second-order valence-corrected chi connectivity index (χ2v) is 7.11. The van der Waals surface area contributed by atoms with Crippen molar-refractivity contribution >= 4 is 16.5 Å². The number of hydrogen-bond acceptors (Lipinski definition) is 2. The Morgan fingerprint density at radius 3 is 2.78 bits per heavy atom. The van der Waals surface area contributed by atoms with Crippen LogP contribution in [-0.2, 0) is 6.42 Å². The molecule has 0 saturated carbocycles. The highest BCUT2D eigenvalue weighted by atomic mass is 19.1. The number of rotatable bonds is 5. The van der Waals surface area contributed by atoms with E-state index in [1.165, 1.54) is 23.3 Å². The summed E-state index contributed by atoms with van der Waals surface area (Å²) in [4.78, 5) is 3.31. The van der Waals surface area contributed by atoms with Gasteiger partial charge in [-0.1, -0.05) is 18.2 Å². The molecule has 3 nitrogen and oxygen atoms in total. The second kappa shape index (κ2) is 7.77. The quantitative estimate of drug-likeness (QED) is 0.677. The van der Waals surface area contributed by atoms with E-state index in [1.54, 1.807) is 0 Å². The molecule has 4 heteroatoms. The van der Waals surface area contributed by atoms with Gasteiger partial charge < -0.3 is 10.3 Å². The number of nitrogens with one attached hydrogen (secondary N) is 2. The molecule has 0 saturated heterocycles. The minimum absolute atomic E-state index is 0.184. The smallest absolute Gasteiger partial charge is 0.123 e. The Morgan fingerprint density at radius 2 is 2.04 bits per heavy atom. The van der Waals surface area contributed by atoms with Gasteiger partial charge in [0.05, 0.1) is 11.6 Å². The Labute approximate surface area is 158 Å². The first-order chi connectivity index (χ1) is 13.2. The van der Waals surface area contributed by atoms with Crippen LogP contribution in [0.25, 0.3) is 16.5 Å². The minimum atomic E-state index is -0.184. The molecule has 0 aliphatic heterocycles. The molecule has 4 rings (SSSR count). The van der Waals surface area contributed by atoms with Gasteiger partial charge in [-0.2, -0.15) is 5.26 Å². The third kappa shape index (κ3) is 3.94. The number of allylic oxidation sites excluding steroid dienone is 1. The molecule has 136 valence electrons. The molecule has 1 atom stereocenters. The monoisotopic (exact) mass is 359 g/mol. The summed E-state index contributed by atoms with van der Waals surface area (Å²) in [5.41, 5.74) is 5.49. The Morgan fingerprint density at radius 1 is 1.19 bits per heavy atom. The van der Waals surface area contributed by atoms with Crippen LogP contribution in [0.15, 0.2) is 54.7 Å². The maximum Gasteiger partial charge on any atom is 0.123 e. The van der Waals surface area contributed by atoms with E-state index in [0.717, 1.165) is 48.7 Å². The summed E-state index contributed by atoms with van der Waals surface area (Å²) >= 11 is 0. The number of H-pyrrole nitrogens is 1. The van der Waals surface area contributed by atoms with E-state index in [9.17, 15) is 4.39 Å². The SMILES string of the molecule is N#Cc1ccc2[nH]cc(C3=CCC(NCCc4ccc(F)cc4)CC3)c2c1. The average Bonchev–Trinajstić information content (AvgIpc) is 3.13. The van der Waals surface area contributed by atoms with E-state index < -0.39 is 0 Å². The lowest BCUT2D eigenvalue weighted by Gasteiger charge is -2.23. The predicted octanol–water partition coefficient (Wildman–Crippen LogP) is 4.95. The molecule has 2 aromatic carbocycles. The van der Waals surface area contributed by atoms with Crippen molar-refractivity contribution in [3.05, 3.63) is 77.2 Å². The Balaban J connectivity index is 1.37. The van der Waals surface area contributed by atoms with Crippen LogP contribution in [0, 0.1) is 17.1 Å². The van der Waals surface area contributed by atoms with E-state index in [-0.39, 0.29) is 5.82 Å². The molecule has 0 radical (unpaired) electrons. The van der Waals surface area contributed by atoms with E-state index in [2.05, 4.69) is 28.6 Å². The van der Waals surface area contributed by atoms with Crippen LogP contribution < -0.4 is 5.32 Å². The van der Waals surface area contributed by atoms with Crippen LogP contribution in [0.4, 0.5) is 4.39 Å². The van der Waals surface area contributed by atoms with Gasteiger partial charge in [0.1, 0.15) is 5.82 Å². The lowest BCUT2D eigenvalue weighted by molar-refractivity contribution is 0.482. The number of aromatic nitrogens is 1. The molecule has 2 N–H and O–H groups in total. The van der Waals surface area contributed by atoms with Crippen LogP contribution in [0.2, 0.25) is 0 Å². The van der Waals surface area contributed by atoms with Crippen molar-refractivity contribution in [2.75, 3.05) is 6.54 Å². The number of nitrogens with zero attached hydrogens (tertiary/aromatic N) is 1. The summed E-state index contributed by atoms with van der Waals surface area (Å²) in [7, 11) is 0. The Bertz CT molecular complexity index is 1010. The van der Waals surface area contributed by atoms with E-state index >= 15 is 0 Å². The maximum atomic E-state index is 13.0. The highest BCUT2D eigenvalue weighted by molar-refractivity contribution is 5.93. The summed E-state index contributed by atoms with van der Waals surface area (Å²) in [5.74, 6) is -0.184. The van der Waals surface area contributed by atoms with E-state index in [0.29, 0.717) is 11.6 Å². The Hall–Kier alpha value is -2.90. The van der Waals surface area contributed by atoms with Crippen LogP contribution in [-0.4, -0.2) is 17.6 Å². The largest absolute Gasteiger partial charge is 0.361 e. The number of fused-ring (bicyclic) bond motifs is 1. The molecular weight excluding hydrogens is 337 g/mol. The van der Waals surface area contributed by atoms with E-state index in [4.69, 9.17) is 5.26 Å². The normalized spacial score (nSPS) is 16.9. The standard InChI is InChI=1S/C23H22FN3/c24-19-6-1-16(2-7-19)11-12-26-20-8-4-18(5-9-20)22-15-27-23-10-3-17(14-25)13-21(22)23/h1-4,6-7,10,13,15,20,26-27H,5,8-9,11-12H2. The summed E-state index contributed by atoms with van der Waals surface area (Å²) in [6.07, 6.45) is 8.41. The zero-order valence-electron chi connectivity index (χ0n) is 15.1. The van der Waals surface area contributed by atoms with Gasteiger partial charge in [-0.15, -0.1) is 0 Å². The summed E-state index contributed by atoms with van der Waals surface area (Å²) in [5, 5.41) is 13.9. The fourth-order valence-electron chi connectivity index (χ4n) is 3.79. The fourth-order valence-corrected chi connectivity index (χ4v) is 3.79. The molecule has 0 spiro atoms. The summed E-state index contributed by atoms with van der Waals surface area (Å²) in [6.45, 7) is 0.901. The molecule has 1 aliphatic rings. The van der Waals surface area contributed by atoms with Gasteiger partial charge in [0.2, 0.25) is 0 Å². The van der Waals surface area contributed by atoms with Crippen LogP contribution in [0.3, 0.4) is 0 Å². The third-order valence-electron chi connectivity index (χ3n) is 5.33. The summed E-state index contributed by atoms with van der Waals surface area (Å²) < 4.78 is 13.0. The Kier molecular flexibility index (Phi) is 5.04. The van der Waals surface area contributed by atoms with Crippen LogP contribution in [0.5, 0.6) is 0 Å². The molecule has 1 aromatic heterocycles. The average molecular weight is 359 g/mol. The second-order valence-electron chi connectivity index (χ2n) is 7.11. The first-order valence-corrected chi connectivity index (χ1v) is 9.41. The molecule has 0 fully saturated rings. The predicted molar refractivity (Wildman–Crippen MR) is 107 cm³/mol. The first-order valence-electron chi connectivity index (χ1n) is 9.41. The molecular formula is C23H22FN3. The minimum Gasteiger partial charge on any atom is -0.361 e. The number of halogens is 1. The van der Waals surface area contributed by atoms with Gasteiger partial charge in [-0.05, 0) is 73.7 Å². The lowest BCUT2D eigenvalue weighted by atomic mass is 9.90. The third-order valence-corrected chi connectivity index (χ3v) is 5.33. The highest BCUT2D eigenvalue weighted by Crippen LogP contribution is 2.32. The molecule has 0 amide bonds. The number of benzene rings is 2. The first kappa shape index (κ1) is 17.5. The van der Waals surface area contributed by atoms with Crippen molar-refractivity contribution in [3.8, 4) is 6.07 Å². The van der Waals surface area contributed by atoms with Crippen molar-refractivity contribution in [1.82, 2.24) is 10.3 Å². The highest BCUT2D eigenvalue weighted by Gasteiger charge is 2.17. The topological polar surface area (TPSA) is 51.6 Å². The van der Waals surface area contributed by atoms with Crippen molar-refractivity contribution < 1.29 is 4.39 Å². The van der Waals surface area contributed by atoms with Gasteiger partial charge >= 0.3 is 0 Å². The number of nitriles is 1. The van der Waals surface area contributed by atoms with Crippen molar-refractivity contribution in [1.29, 1.82) is 5.26 Å². The molecule has 27 heavy (non-hydrogen) atoms. The zero-order chi connectivity index (χ0) is 18.6. The molecule has 0 bridgehead atoms. The van der Waals surface area contributed by atoms with Gasteiger partial charge in [0, 0.05) is 28.7 Å². The molecule has 1 aliphatic carbocycles. The fraction of sp³-hybridized carbons (Fsp3) is 0.261. The van der Waals surface area contributed by atoms with Gasteiger partial charge in [0.25, 0.3) is 0 Å². The van der Waals surface area contributed by atoms with Crippen LogP contribution in [0.1, 0.15) is 36.0 Å². The van der Waals surface area contributed by atoms with Gasteiger partial charge in [0.15, 0.2) is 0 Å². The van der Waals surface area contributed by atoms with Crippen LogP contribution >= 0.6 is 0 Å². The molecule has 3 aromatic rings. The van der Waals surface area contributed by atoms with Crippen molar-refractivity contribution in [2.45, 2.75) is 31.7 Å². The number of aromatic amines is 1. The lowest BCUT2D eigenvalue weighted by Crippen LogP contribution is -2.31. The van der Waals surface area contributed by atoms with Gasteiger partial charge in [-0.3, -0.25) is 0 Å².